The third-order valence-electron chi connectivity index (χ3n) is 3.60. The van der Waals surface area contributed by atoms with Gasteiger partial charge >= 0.3 is 0 Å². The summed E-state index contributed by atoms with van der Waals surface area (Å²) in [5, 5.41) is 3.51. The molecule has 2 aliphatic carbocycles. The Kier molecular flexibility index (Phi) is 2.24. The third-order valence-corrected chi connectivity index (χ3v) is 3.98. The summed E-state index contributed by atoms with van der Waals surface area (Å²) in [5.74, 6) is 0.356. The maximum atomic E-state index is 5.44. The predicted molar refractivity (Wildman–Crippen MR) is 66.8 cm³/mol. The number of thiocarbonyl (C=S) groups is 1. The lowest BCUT2D eigenvalue weighted by atomic mass is 9.78. The monoisotopic (exact) mass is 217 g/mol. The molecule has 2 heteroatoms. The molecule has 15 heavy (non-hydrogen) atoms. The number of rotatable bonds is 0. The van der Waals surface area contributed by atoms with E-state index >= 15 is 0 Å². The van der Waals surface area contributed by atoms with Crippen LogP contribution in [0.1, 0.15) is 25.7 Å². The summed E-state index contributed by atoms with van der Waals surface area (Å²) in [6, 6.07) is 0.536. The van der Waals surface area contributed by atoms with Crippen LogP contribution in [-0.2, 0) is 0 Å². The minimum Gasteiger partial charge on any atom is -0.372 e. The van der Waals surface area contributed by atoms with Crippen molar-refractivity contribution in [3.05, 3.63) is 35.5 Å². The first-order valence-electron chi connectivity index (χ1n) is 5.74. The minimum absolute atomic E-state index is 0.356. The lowest BCUT2D eigenvalue weighted by molar-refractivity contribution is 0.486. The fraction of sp³-hybridized carbons (Fsp3) is 0.462. The van der Waals surface area contributed by atoms with Gasteiger partial charge in [0.2, 0.25) is 0 Å². The Balaban J connectivity index is 2.06. The molecule has 1 fully saturated rings. The highest BCUT2D eigenvalue weighted by Gasteiger charge is 2.32. The number of fused-ring (bicyclic) bond motifs is 2. The van der Waals surface area contributed by atoms with Crippen molar-refractivity contribution in [1.29, 1.82) is 0 Å². The van der Waals surface area contributed by atoms with Gasteiger partial charge in [0, 0.05) is 6.04 Å². The van der Waals surface area contributed by atoms with Gasteiger partial charge in [-0.2, -0.15) is 0 Å². The quantitative estimate of drug-likeness (QED) is 0.626. The molecule has 78 valence electrons. The van der Waals surface area contributed by atoms with Crippen molar-refractivity contribution in [3.8, 4) is 0 Å². The van der Waals surface area contributed by atoms with E-state index in [1.165, 1.54) is 31.3 Å². The van der Waals surface area contributed by atoms with Crippen LogP contribution in [0.3, 0.4) is 0 Å². The molecule has 0 saturated heterocycles. The van der Waals surface area contributed by atoms with Gasteiger partial charge in [0.1, 0.15) is 0 Å². The molecule has 0 aromatic heterocycles. The molecule has 0 spiro atoms. The first-order chi connectivity index (χ1) is 7.36. The Morgan fingerprint density at radius 3 is 3.13 bits per heavy atom. The van der Waals surface area contributed by atoms with Gasteiger partial charge in [0.15, 0.2) is 0 Å². The number of nitrogens with one attached hydrogen (secondary N) is 1. The first kappa shape index (κ1) is 9.34. The van der Waals surface area contributed by atoms with E-state index in [0.717, 1.165) is 4.99 Å². The number of hydrogen-bond acceptors (Lipinski definition) is 1. The zero-order valence-corrected chi connectivity index (χ0v) is 9.52. The van der Waals surface area contributed by atoms with E-state index in [4.69, 9.17) is 12.2 Å². The van der Waals surface area contributed by atoms with Gasteiger partial charge in [-0.1, -0.05) is 42.9 Å². The van der Waals surface area contributed by atoms with Gasteiger partial charge in [0.25, 0.3) is 0 Å². The zero-order valence-electron chi connectivity index (χ0n) is 8.70. The van der Waals surface area contributed by atoms with Crippen LogP contribution in [0.2, 0.25) is 0 Å². The molecule has 3 rings (SSSR count). The zero-order chi connectivity index (χ0) is 10.3. The number of hydrogen-bond donors (Lipinski definition) is 1. The molecule has 1 nitrogen and oxygen atoms in total. The lowest BCUT2D eigenvalue weighted by Gasteiger charge is -2.37. The van der Waals surface area contributed by atoms with Crippen LogP contribution < -0.4 is 5.32 Å². The largest absolute Gasteiger partial charge is 0.372 e. The Labute approximate surface area is 95.9 Å². The van der Waals surface area contributed by atoms with Crippen LogP contribution in [0.5, 0.6) is 0 Å². The van der Waals surface area contributed by atoms with Crippen molar-refractivity contribution in [2.24, 2.45) is 5.92 Å². The molecule has 3 aliphatic rings. The van der Waals surface area contributed by atoms with Crippen molar-refractivity contribution in [1.82, 2.24) is 5.32 Å². The van der Waals surface area contributed by atoms with Gasteiger partial charge < -0.3 is 5.32 Å². The highest BCUT2D eigenvalue weighted by atomic mass is 32.1. The van der Waals surface area contributed by atoms with Gasteiger partial charge in [-0.15, -0.1) is 0 Å². The van der Waals surface area contributed by atoms with Crippen molar-refractivity contribution >= 4 is 17.2 Å². The molecular weight excluding hydrogens is 202 g/mol. The minimum atomic E-state index is 0.356. The molecule has 0 radical (unpaired) electrons. The van der Waals surface area contributed by atoms with Gasteiger partial charge in [-0.05, 0) is 30.4 Å². The van der Waals surface area contributed by atoms with E-state index in [-0.39, 0.29) is 0 Å². The van der Waals surface area contributed by atoms with Crippen molar-refractivity contribution in [2.45, 2.75) is 31.7 Å². The van der Waals surface area contributed by atoms with E-state index in [1.54, 1.807) is 5.57 Å². The van der Waals surface area contributed by atoms with E-state index in [9.17, 15) is 0 Å². The van der Waals surface area contributed by atoms with Crippen molar-refractivity contribution < 1.29 is 0 Å². The van der Waals surface area contributed by atoms with Crippen LogP contribution in [-0.4, -0.2) is 11.0 Å². The van der Waals surface area contributed by atoms with E-state index in [1.807, 2.05) is 0 Å². The predicted octanol–water partition coefficient (Wildman–Crippen LogP) is 2.90. The molecule has 1 saturated carbocycles. The normalized spacial score (nSPS) is 33.5. The average Bonchev–Trinajstić information content (AvgIpc) is 2.30. The van der Waals surface area contributed by atoms with Crippen LogP contribution in [0.25, 0.3) is 0 Å². The summed E-state index contributed by atoms with van der Waals surface area (Å²) >= 11 is 5.44. The smallest absolute Gasteiger partial charge is 0.0872 e. The standard InChI is InChI=1S/C13H15NS/c15-13-11-7-2-1-5-9(11)10-6-3-4-8-12(10)14-13/h1-2,5,7,11-12H,3-4,6,8H2,(H,14,15). The SMILES string of the molecule is S=C1NC2CCCCC2=C2C=CC=CC12. The molecule has 0 aromatic rings. The van der Waals surface area contributed by atoms with E-state index in [2.05, 4.69) is 29.6 Å². The third kappa shape index (κ3) is 1.48. The summed E-state index contributed by atoms with van der Waals surface area (Å²) < 4.78 is 0. The van der Waals surface area contributed by atoms with Crippen LogP contribution in [0, 0.1) is 5.92 Å². The highest BCUT2D eigenvalue weighted by molar-refractivity contribution is 7.80. The second kappa shape index (κ2) is 3.60. The summed E-state index contributed by atoms with van der Waals surface area (Å²) in [6.45, 7) is 0. The summed E-state index contributed by atoms with van der Waals surface area (Å²) in [4.78, 5) is 1.02. The summed E-state index contributed by atoms with van der Waals surface area (Å²) in [5.41, 5.74) is 3.09. The van der Waals surface area contributed by atoms with E-state index in [0.29, 0.717) is 12.0 Å². The topological polar surface area (TPSA) is 12.0 Å². The van der Waals surface area contributed by atoms with Gasteiger partial charge in [-0.25, -0.2) is 0 Å². The molecule has 2 atom stereocenters. The molecule has 0 amide bonds. The van der Waals surface area contributed by atoms with Crippen LogP contribution in [0.15, 0.2) is 35.5 Å². The van der Waals surface area contributed by atoms with Crippen LogP contribution in [0.4, 0.5) is 0 Å². The lowest BCUT2D eigenvalue weighted by Crippen LogP contribution is -2.45. The summed E-state index contributed by atoms with van der Waals surface area (Å²) in [7, 11) is 0. The van der Waals surface area contributed by atoms with E-state index < -0.39 is 0 Å². The molecule has 0 aromatic carbocycles. The van der Waals surface area contributed by atoms with Crippen molar-refractivity contribution in [3.63, 3.8) is 0 Å². The Morgan fingerprint density at radius 2 is 2.20 bits per heavy atom. The summed E-state index contributed by atoms with van der Waals surface area (Å²) in [6.07, 6.45) is 13.9. The van der Waals surface area contributed by atoms with Crippen molar-refractivity contribution in [2.75, 3.05) is 0 Å². The van der Waals surface area contributed by atoms with Gasteiger partial charge in [0.05, 0.1) is 10.9 Å². The Hall–Kier alpha value is -0.890. The maximum Gasteiger partial charge on any atom is 0.0872 e. The Bertz CT molecular complexity index is 389. The second-order valence-corrected chi connectivity index (χ2v) is 4.95. The maximum absolute atomic E-state index is 5.44. The average molecular weight is 217 g/mol. The van der Waals surface area contributed by atoms with Crippen LogP contribution >= 0.6 is 12.2 Å². The fourth-order valence-corrected chi connectivity index (χ4v) is 3.20. The fourth-order valence-electron chi connectivity index (χ4n) is 2.86. The number of allylic oxidation sites excluding steroid dienone is 3. The highest BCUT2D eigenvalue weighted by Crippen LogP contribution is 2.36. The molecule has 1 heterocycles. The second-order valence-electron chi connectivity index (χ2n) is 4.51. The molecule has 1 aliphatic heterocycles. The molecule has 1 N–H and O–H groups in total. The Morgan fingerprint density at radius 1 is 1.27 bits per heavy atom. The molecule has 0 bridgehead atoms. The first-order valence-corrected chi connectivity index (χ1v) is 6.15. The molecular formula is C13H15NS. The molecule has 2 unspecified atom stereocenters. The van der Waals surface area contributed by atoms with Gasteiger partial charge in [-0.3, -0.25) is 0 Å².